The monoisotopic (exact) mass is 330 g/mol. The molecule has 0 radical (unpaired) electrons. The van der Waals surface area contributed by atoms with Gasteiger partial charge in [-0.2, -0.15) is 0 Å². The first-order valence-electron chi connectivity index (χ1n) is 8.87. The van der Waals surface area contributed by atoms with Crippen LogP contribution in [0.1, 0.15) is 45.4 Å². The molecule has 1 N–H and O–H groups in total. The maximum absolute atomic E-state index is 11.0. The number of ether oxygens (including phenoxy) is 2. The van der Waals surface area contributed by atoms with Gasteiger partial charge in [-0.05, 0) is 51.6 Å². The van der Waals surface area contributed by atoms with Crippen LogP contribution in [0, 0.1) is 0 Å². The third-order valence-electron chi connectivity index (χ3n) is 4.77. The van der Waals surface area contributed by atoms with E-state index in [2.05, 4.69) is 11.8 Å². The molecule has 0 aromatic heterocycles. The summed E-state index contributed by atoms with van der Waals surface area (Å²) in [5, 5.41) is 9.00. The van der Waals surface area contributed by atoms with Crippen LogP contribution in [0.25, 0.3) is 0 Å². The van der Waals surface area contributed by atoms with Gasteiger partial charge in [0.2, 0.25) is 0 Å². The zero-order chi connectivity index (χ0) is 17.1. The van der Waals surface area contributed by atoms with Gasteiger partial charge in [-0.1, -0.05) is 6.92 Å². The highest BCUT2D eigenvalue weighted by atomic mass is 16.5. The molecule has 0 heterocycles. The maximum atomic E-state index is 11.0. The molecule has 1 rings (SSSR count). The van der Waals surface area contributed by atoms with Gasteiger partial charge < -0.3 is 24.4 Å². The molecule has 0 aliphatic heterocycles. The molecule has 0 bridgehead atoms. The highest BCUT2D eigenvalue weighted by molar-refractivity contribution is 5.64. The number of amides is 1. The van der Waals surface area contributed by atoms with Gasteiger partial charge in [-0.25, -0.2) is 4.79 Å². The van der Waals surface area contributed by atoms with Gasteiger partial charge in [0.05, 0.1) is 12.7 Å². The Balaban J connectivity index is 2.06. The molecule has 0 atom stereocenters. The topological polar surface area (TPSA) is 62.2 Å². The Morgan fingerprint density at radius 2 is 1.83 bits per heavy atom. The number of carboxylic acid groups (broad SMARTS) is 1. The average Bonchev–Trinajstić information content (AvgIpc) is 2.57. The summed E-state index contributed by atoms with van der Waals surface area (Å²) in [6, 6.07) is 0.159. The van der Waals surface area contributed by atoms with Gasteiger partial charge in [0, 0.05) is 33.4 Å². The molecule has 6 heteroatoms. The van der Waals surface area contributed by atoms with E-state index < -0.39 is 6.09 Å². The first-order chi connectivity index (χ1) is 11.1. The number of carbonyl (C=O) groups is 1. The van der Waals surface area contributed by atoms with Crippen molar-refractivity contribution in [3.05, 3.63) is 0 Å². The Kier molecular flexibility index (Phi) is 10.2. The van der Waals surface area contributed by atoms with Crippen molar-refractivity contribution in [1.29, 1.82) is 0 Å². The number of nitrogens with zero attached hydrogens (tertiary/aromatic N) is 2. The van der Waals surface area contributed by atoms with Crippen LogP contribution in [0.5, 0.6) is 0 Å². The number of likely N-dealkylation sites (N-methyl/N-ethyl adjacent to an activating group) is 1. The summed E-state index contributed by atoms with van der Waals surface area (Å²) in [5.41, 5.74) is 0. The van der Waals surface area contributed by atoms with E-state index in [1.165, 1.54) is 4.90 Å². The lowest BCUT2D eigenvalue weighted by Gasteiger charge is -2.33. The Morgan fingerprint density at radius 1 is 1.13 bits per heavy atom. The van der Waals surface area contributed by atoms with Crippen LogP contribution in [0.15, 0.2) is 0 Å². The van der Waals surface area contributed by atoms with Crippen LogP contribution in [-0.2, 0) is 9.47 Å². The Morgan fingerprint density at radius 3 is 2.39 bits per heavy atom. The highest BCUT2D eigenvalue weighted by Crippen LogP contribution is 2.24. The second kappa shape index (κ2) is 11.6. The minimum atomic E-state index is -0.830. The molecule has 0 aromatic carbocycles. The Hall–Kier alpha value is -0.850. The molecule has 23 heavy (non-hydrogen) atoms. The minimum absolute atomic E-state index is 0.159. The normalized spacial score (nSPS) is 21.6. The first-order valence-corrected chi connectivity index (χ1v) is 8.87. The van der Waals surface area contributed by atoms with Crippen molar-refractivity contribution < 1.29 is 19.4 Å². The van der Waals surface area contributed by atoms with E-state index in [9.17, 15) is 4.79 Å². The predicted octanol–water partition coefficient (Wildman–Crippen LogP) is 2.67. The Bertz CT molecular complexity index is 320. The smallest absolute Gasteiger partial charge is 0.407 e. The molecule has 1 aliphatic rings. The average molecular weight is 330 g/mol. The third kappa shape index (κ3) is 7.99. The van der Waals surface area contributed by atoms with E-state index in [4.69, 9.17) is 14.6 Å². The zero-order valence-corrected chi connectivity index (χ0v) is 15.0. The largest absolute Gasteiger partial charge is 0.465 e. The van der Waals surface area contributed by atoms with E-state index in [1.54, 1.807) is 14.2 Å². The molecule has 0 unspecified atom stereocenters. The summed E-state index contributed by atoms with van der Waals surface area (Å²) in [7, 11) is 3.40. The molecule has 1 saturated carbocycles. The van der Waals surface area contributed by atoms with Crippen LogP contribution < -0.4 is 0 Å². The quantitative estimate of drug-likeness (QED) is 0.590. The van der Waals surface area contributed by atoms with Crippen LogP contribution in [0.4, 0.5) is 4.79 Å². The number of rotatable bonds is 11. The maximum Gasteiger partial charge on any atom is 0.407 e. The van der Waals surface area contributed by atoms with Gasteiger partial charge in [0.15, 0.2) is 0 Å². The van der Waals surface area contributed by atoms with Crippen molar-refractivity contribution in [2.45, 2.75) is 57.6 Å². The van der Waals surface area contributed by atoms with Gasteiger partial charge in [0.25, 0.3) is 0 Å². The fourth-order valence-electron chi connectivity index (χ4n) is 3.09. The number of hydrogen-bond acceptors (Lipinski definition) is 4. The summed E-state index contributed by atoms with van der Waals surface area (Å²) in [5.74, 6) is 0. The van der Waals surface area contributed by atoms with Crippen LogP contribution in [0.3, 0.4) is 0 Å². The lowest BCUT2D eigenvalue weighted by molar-refractivity contribution is 0.00933. The summed E-state index contributed by atoms with van der Waals surface area (Å²) >= 11 is 0. The summed E-state index contributed by atoms with van der Waals surface area (Å²) < 4.78 is 11.1. The van der Waals surface area contributed by atoms with Crippen LogP contribution in [0.2, 0.25) is 0 Å². The van der Waals surface area contributed by atoms with Crippen LogP contribution in [-0.4, -0.2) is 80.2 Å². The molecule has 136 valence electrons. The molecular formula is C17H34N2O4. The Labute approximate surface area is 140 Å². The summed E-state index contributed by atoms with van der Waals surface area (Å²) in [4.78, 5) is 14.8. The third-order valence-corrected chi connectivity index (χ3v) is 4.77. The van der Waals surface area contributed by atoms with Crippen LogP contribution >= 0.6 is 0 Å². The molecule has 0 saturated heterocycles. The van der Waals surface area contributed by atoms with E-state index in [0.717, 1.165) is 71.4 Å². The van der Waals surface area contributed by atoms with Crippen molar-refractivity contribution >= 4 is 6.09 Å². The predicted molar refractivity (Wildman–Crippen MR) is 91.0 cm³/mol. The molecule has 1 fully saturated rings. The van der Waals surface area contributed by atoms with Crippen molar-refractivity contribution in [3.8, 4) is 0 Å². The zero-order valence-electron chi connectivity index (χ0n) is 15.0. The van der Waals surface area contributed by atoms with Crippen molar-refractivity contribution in [2.24, 2.45) is 0 Å². The molecular weight excluding hydrogens is 296 g/mol. The van der Waals surface area contributed by atoms with Gasteiger partial charge in [0.1, 0.15) is 0 Å². The van der Waals surface area contributed by atoms with Gasteiger partial charge >= 0.3 is 6.09 Å². The lowest BCUT2D eigenvalue weighted by Crippen LogP contribution is -2.40. The van der Waals surface area contributed by atoms with E-state index in [0.29, 0.717) is 6.10 Å². The minimum Gasteiger partial charge on any atom is -0.465 e. The molecule has 6 nitrogen and oxygen atoms in total. The van der Waals surface area contributed by atoms with Gasteiger partial charge in [-0.15, -0.1) is 0 Å². The van der Waals surface area contributed by atoms with Crippen molar-refractivity contribution in [2.75, 3.05) is 47.0 Å². The molecule has 1 aliphatic carbocycles. The fourth-order valence-corrected chi connectivity index (χ4v) is 3.09. The van der Waals surface area contributed by atoms with E-state index in [1.807, 2.05) is 0 Å². The summed E-state index contributed by atoms with van der Waals surface area (Å²) in [6.45, 7) is 6.93. The number of unbranched alkanes of at least 4 members (excludes halogenated alkanes) is 1. The van der Waals surface area contributed by atoms with Crippen molar-refractivity contribution in [1.82, 2.24) is 9.80 Å². The number of hydrogen-bond donors (Lipinski definition) is 1. The van der Waals surface area contributed by atoms with E-state index >= 15 is 0 Å². The second-order valence-corrected chi connectivity index (χ2v) is 6.33. The van der Waals surface area contributed by atoms with Gasteiger partial charge in [-0.3, -0.25) is 0 Å². The highest BCUT2D eigenvalue weighted by Gasteiger charge is 2.26. The molecule has 0 aromatic rings. The number of methoxy groups -OCH3 is 1. The first kappa shape index (κ1) is 20.2. The lowest BCUT2D eigenvalue weighted by atomic mass is 9.92. The molecule has 0 spiro atoms. The summed E-state index contributed by atoms with van der Waals surface area (Å²) in [6.07, 6.45) is 5.47. The standard InChI is InChI=1S/C17H34N2O4/c1-4-19(12-14-22-3)11-5-6-13-23-16-9-7-15(8-10-16)18(2)17(20)21/h15-16H,4-14H2,1-3H3,(H,20,21)/t15-,16-. The molecule has 1 amide bonds. The second-order valence-electron chi connectivity index (χ2n) is 6.33. The fraction of sp³-hybridized carbons (Fsp3) is 0.941. The van der Waals surface area contributed by atoms with Crippen molar-refractivity contribution in [3.63, 3.8) is 0 Å². The SMILES string of the molecule is CCN(CCCCO[C@H]1CC[C@H](N(C)C(=O)O)CC1)CCOC. The van der Waals surface area contributed by atoms with E-state index in [-0.39, 0.29) is 6.04 Å².